The number of anilines is 1. The SMILES string of the molecule is O=C(Nc1ccc(Cl)cc1)c1c[nH]c2ccc(Cl)cc12. The molecule has 0 saturated heterocycles. The summed E-state index contributed by atoms with van der Waals surface area (Å²) in [5.41, 5.74) is 2.11. The van der Waals surface area contributed by atoms with E-state index in [0.29, 0.717) is 21.3 Å². The molecule has 0 aliphatic carbocycles. The first-order chi connectivity index (χ1) is 9.63. The highest BCUT2D eigenvalue weighted by Gasteiger charge is 2.12. The molecular weight excluding hydrogens is 295 g/mol. The van der Waals surface area contributed by atoms with Crippen molar-refractivity contribution in [1.82, 2.24) is 4.98 Å². The summed E-state index contributed by atoms with van der Waals surface area (Å²) in [5, 5.41) is 4.84. The van der Waals surface area contributed by atoms with Gasteiger partial charge in [0.15, 0.2) is 0 Å². The largest absolute Gasteiger partial charge is 0.360 e. The van der Waals surface area contributed by atoms with Crippen molar-refractivity contribution in [2.24, 2.45) is 0 Å². The number of carbonyl (C=O) groups is 1. The quantitative estimate of drug-likeness (QED) is 0.706. The molecule has 2 aromatic carbocycles. The van der Waals surface area contributed by atoms with Crippen molar-refractivity contribution in [3.8, 4) is 0 Å². The molecule has 100 valence electrons. The summed E-state index contributed by atoms with van der Waals surface area (Å²) in [6, 6.07) is 12.3. The van der Waals surface area contributed by atoms with Crippen molar-refractivity contribution in [1.29, 1.82) is 0 Å². The Balaban J connectivity index is 1.92. The number of rotatable bonds is 2. The number of nitrogens with one attached hydrogen (secondary N) is 2. The molecule has 0 atom stereocenters. The van der Waals surface area contributed by atoms with Crippen LogP contribution in [0.5, 0.6) is 0 Å². The van der Waals surface area contributed by atoms with Gasteiger partial charge in [-0.3, -0.25) is 4.79 Å². The summed E-state index contributed by atoms with van der Waals surface area (Å²) in [7, 11) is 0. The van der Waals surface area contributed by atoms with Gasteiger partial charge in [0.25, 0.3) is 5.91 Å². The second kappa shape index (κ2) is 5.19. The maximum Gasteiger partial charge on any atom is 0.257 e. The van der Waals surface area contributed by atoms with Gasteiger partial charge in [0.2, 0.25) is 0 Å². The lowest BCUT2D eigenvalue weighted by Gasteiger charge is -2.04. The van der Waals surface area contributed by atoms with E-state index in [2.05, 4.69) is 10.3 Å². The van der Waals surface area contributed by atoms with Gasteiger partial charge < -0.3 is 10.3 Å². The Morgan fingerprint density at radius 1 is 1.00 bits per heavy atom. The van der Waals surface area contributed by atoms with Crippen LogP contribution < -0.4 is 5.32 Å². The molecule has 0 aliphatic heterocycles. The van der Waals surface area contributed by atoms with Crippen molar-refractivity contribution < 1.29 is 4.79 Å². The molecule has 3 nitrogen and oxygen atoms in total. The van der Waals surface area contributed by atoms with Crippen LogP contribution in [0.2, 0.25) is 10.0 Å². The van der Waals surface area contributed by atoms with Gasteiger partial charge in [0, 0.05) is 32.8 Å². The molecule has 20 heavy (non-hydrogen) atoms. The van der Waals surface area contributed by atoms with E-state index in [0.717, 1.165) is 10.9 Å². The van der Waals surface area contributed by atoms with Crippen molar-refractivity contribution in [2.45, 2.75) is 0 Å². The zero-order valence-corrected chi connectivity index (χ0v) is 11.8. The number of benzene rings is 2. The van der Waals surface area contributed by atoms with Crippen molar-refractivity contribution in [3.05, 3.63) is 64.3 Å². The molecular formula is C15H10Cl2N2O. The molecule has 5 heteroatoms. The molecule has 0 bridgehead atoms. The van der Waals surface area contributed by atoms with Crippen molar-refractivity contribution in [3.63, 3.8) is 0 Å². The van der Waals surface area contributed by atoms with Crippen LogP contribution in [-0.2, 0) is 0 Å². The fraction of sp³-hybridized carbons (Fsp3) is 0. The Hall–Kier alpha value is -1.97. The second-order valence-corrected chi connectivity index (χ2v) is 5.23. The fourth-order valence-corrected chi connectivity index (χ4v) is 2.31. The predicted octanol–water partition coefficient (Wildman–Crippen LogP) is 4.73. The van der Waals surface area contributed by atoms with Gasteiger partial charge in [-0.1, -0.05) is 23.2 Å². The molecule has 0 saturated carbocycles. The Bertz CT molecular complexity index is 778. The number of carbonyl (C=O) groups excluding carboxylic acids is 1. The maximum atomic E-state index is 12.3. The first-order valence-corrected chi connectivity index (χ1v) is 6.72. The van der Waals surface area contributed by atoms with Gasteiger partial charge in [-0.25, -0.2) is 0 Å². The van der Waals surface area contributed by atoms with Crippen LogP contribution in [-0.4, -0.2) is 10.9 Å². The molecule has 1 heterocycles. The topological polar surface area (TPSA) is 44.9 Å². The number of aromatic amines is 1. The smallest absolute Gasteiger partial charge is 0.257 e. The fourth-order valence-electron chi connectivity index (χ4n) is 2.01. The monoisotopic (exact) mass is 304 g/mol. The Morgan fingerprint density at radius 3 is 2.45 bits per heavy atom. The highest BCUT2D eigenvalue weighted by molar-refractivity contribution is 6.31. The molecule has 2 N–H and O–H groups in total. The first kappa shape index (κ1) is 13.0. The van der Waals surface area contributed by atoms with Crippen LogP contribution in [0, 0.1) is 0 Å². The number of hydrogen-bond donors (Lipinski definition) is 2. The zero-order chi connectivity index (χ0) is 14.1. The Labute approximate surface area is 125 Å². The number of hydrogen-bond acceptors (Lipinski definition) is 1. The highest BCUT2D eigenvalue weighted by Crippen LogP contribution is 2.23. The van der Waals surface area contributed by atoms with Gasteiger partial charge in [0.1, 0.15) is 0 Å². The molecule has 1 amide bonds. The van der Waals surface area contributed by atoms with Crippen LogP contribution in [0.15, 0.2) is 48.7 Å². The summed E-state index contributed by atoms with van der Waals surface area (Å²) >= 11 is 11.8. The molecule has 0 radical (unpaired) electrons. The van der Waals surface area contributed by atoms with E-state index in [1.807, 2.05) is 6.07 Å². The molecule has 3 aromatic rings. The van der Waals surface area contributed by atoms with E-state index < -0.39 is 0 Å². The lowest BCUT2D eigenvalue weighted by atomic mass is 10.1. The van der Waals surface area contributed by atoms with E-state index in [1.54, 1.807) is 42.6 Å². The summed E-state index contributed by atoms with van der Waals surface area (Å²) in [6.07, 6.45) is 1.67. The third-order valence-electron chi connectivity index (χ3n) is 2.99. The van der Waals surface area contributed by atoms with Crippen LogP contribution in [0.3, 0.4) is 0 Å². The second-order valence-electron chi connectivity index (χ2n) is 4.35. The van der Waals surface area contributed by atoms with E-state index >= 15 is 0 Å². The van der Waals surface area contributed by atoms with E-state index in [1.165, 1.54) is 0 Å². The van der Waals surface area contributed by atoms with Crippen LogP contribution in [0.4, 0.5) is 5.69 Å². The first-order valence-electron chi connectivity index (χ1n) is 5.97. The third kappa shape index (κ3) is 2.50. The molecule has 3 rings (SSSR count). The summed E-state index contributed by atoms with van der Waals surface area (Å²) in [4.78, 5) is 15.3. The zero-order valence-electron chi connectivity index (χ0n) is 10.3. The Morgan fingerprint density at radius 2 is 1.70 bits per heavy atom. The summed E-state index contributed by atoms with van der Waals surface area (Å²) < 4.78 is 0. The summed E-state index contributed by atoms with van der Waals surface area (Å²) in [6.45, 7) is 0. The number of amides is 1. The van der Waals surface area contributed by atoms with Crippen molar-refractivity contribution in [2.75, 3.05) is 5.32 Å². The third-order valence-corrected chi connectivity index (χ3v) is 3.48. The molecule has 1 aromatic heterocycles. The van der Waals surface area contributed by atoms with Crippen LogP contribution in [0.25, 0.3) is 10.9 Å². The van der Waals surface area contributed by atoms with E-state index in [9.17, 15) is 4.79 Å². The highest BCUT2D eigenvalue weighted by atomic mass is 35.5. The van der Waals surface area contributed by atoms with E-state index in [-0.39, 0.29) is 5.91 Å². The minimum Gasteiger partial charge on any atom is -0.360 e. The summed E-state index contributed by atoms with van der Waals surface area (Å²) in [5.74, 6) is -0.194. The molecule has 0 unspecified atom stereocenters. The molecule has 0 spiro atoms. The molecule has 0 aliphatic rings. The molecule has 0 fully saturated rings. The maximum absolute atomic E-state index is 12.3. The lowest BCUT2D eigenvalue weighted by molar-refractivity contribution is 0.102. The van der Waals surface area contributed by atoms with Crippen LogP contribution >= 0.6 is 23.2 Å². The van der Waals surface area contributed by atoms with Gasteiger partial charge in [-0.15, -0.1) is 0 Å². The minimum atomic E-state index is -0.194. The number of H-pyrrole nitrogens is 1. The number of halogens is 2. The van der Waals surface area contributed by atoms with Gasteiger partial charge in [0.05, 0.1) is 5.56 Å². The van der Waals surface area contributed by atoms with Gasteiger partial charge in [-0.05, 0) is 42.5 Å². The lowest BCUT2D eigenvalue weighted by Crippen LogP contribution is -2.11. The predicted molar refractivity (Wildman–Crippen MR) is 82.7 cm³/mol. The average molecular weight is 305 g/mol. The standard InChI is InChI=1S/C15H10Cl2N2O/c16-9-1-4-11(5-2-9)19-15(20)13-8-18-14-6-3-10(17)7-12(13)14/h1-8,18H,(H,19,20). The number of fused-ring (bicyclic) bond motifs is 1. The van der Waals surface area contributed by atoms with Crippen molar-refractivity contribution >= 4 is 45.7 Å². The van der Waals surface area contributed by atoms with Crippen LogP contribution in [0.1, 0.15) is 10.4 Å². The van der Waals surface area contributed by atoms with Gasteiger partial charge in [-0.2, -0.15) is 0 Å². The normalized spacial score (nSPS) is 10.7. The van der Waals surface area contributed by atoms with Gasteiger partial charge >= 0.3 is 0 Å². The average Bonchev–Trinajstić information content (AvgIpc) is 2.84. The number of aromatic nitrogens is 1. The minimum absolute atomic E-state index is 0.194. The Kier molecular flexibility index (Phi) is 3.38. The van der Waals surface area contributed by atoms with E-state index in [4.69, 9.17) is 23.2 Å².